The number of nitrogens with zero attached hydrogens (tertiary/aromatic N) is 1. The number of rotatable bonds is 11. The Kier molecular flexibility index (Phi) is 8.45. The molecule has 1 aliphatic rings. The molecule has 2 aromatic carbocycles. The molecule has 0 radical (unpaired) electrons. The van der Waals surface area contributed by atoms with Gasteiger partial charge < -0.3 is 25.2 Å². The SMILES string of the molecule is C=CCc1cc(C=C2NC(=O)N(CC(=O)Nc3ccc(C)cc3)C2=O)cc(OCC)c1OCC(=O)O. The smallest absolute Gasteiger partial charge is 0.341 e. The zero-order valence-corrected chi connectivity index (χ0v) is 20.0. The lowest BCUT2D eigenvalue weighted by Crippen LogP contribution is -2.38. The number of carboxylic acid groups (broad SMARTS) is 1. The Morgan fingerprint density at radius 2 is 1.89 bits per heavy atom. The van der Waals surface area contributed by atoms with Crippen LogP contribution in [-0.4, -0.2) is 53.6 Å². The van der Waals surface area contributed by atoms with E-state index in [1.54, 1.807) is 37.3 Å². The molecule has 3 rings (SSSR count). The van der Waals surface area contributed by atoms with E-state index in [4.69, 9.17) is 14.6 Å². The van der Waals surface area contributed by atoms with Crippen molar-refractivity contribution in [1.29, 1.82) is 0 Å². The van der Waals surface area contributed by atoms with Gasteiger partial charge in [0.15, 0.2) is 18.1 Å². The number of aryl methyl sites for hydroxylation is 1. The first-order valence-corrected chi connectivity index (χ1v) is 11.2. The molecule has 1 heterocycles. The molecule has 1 saturated heterocycles. The molecule has 10 heteroatoms. The number of amides is 4. The summed E-state index contributed by atoms with van der Waals surface area (Å²) >= 11 is 0. The molecule has 1 fully saturated rings. The van der Waals surface area contributed by atoms with Crippen molar-refractivity contribution in [2.24, 2.45) is 0 Å². The van der Waals surface area contributed by atoms with Gasteiger partial charge in [0, 0.05) is 11.3 Å². The molecule has 1 aliphatic heterocycles. The first kappa shape index (κ1) is 26.0. The van der Waals surface area contributed by atoms with Crippen LogP contribution in [0.5, 0.6) is 11.5 Å². The predicted molar refractivity (Wildman–Crippen MR) is 133 cm³/mol. The Hall–Kier alpha value is -4.60. The molecule has 188 valence electrons. The highest BCUT2D eigenvalue weighted by molar-refractivity contribution is 6.16. The van der Waals surface area contributed by atoms with Gasteiger partial charge in [0.05, 0.1) is 6.61 Å². The molecular formula is C26H27N3O7. The average molecular weight is 494 g/mol. The minimum absolute atomic E-state index is 0.0191. The van der Waals surface area contributed by atoms with Crippen LogP contribution in [0.1, 0.15) is 23.6 Å². The van der Waals surface area contributed by atoms with Crippen LogP contribution in [0.4, 0.5) is 10.5 Å². The van der Waals surface area contributed by atoms with Gasteiger partial charge in [0.25, 0.3) is 5.91 Å². The second-order valence-corrected chi connectivity index (χ2v) is 7.91. The number of hydrogen-bond acceptors (Lipinski definition) is 6. The third-order valence-electron chi connectivity index (χ3n) is 5.07. The Morgan fingerprint density at radius 1 is 1.17 bits per heavy atom. The van der Waals surface area contributed by atoms with Crippen molar-refractivity contribution in [2.45, 2.75) is 20.3 Å². The molecule has 0 aromatic heterocycles. The molecule has 0 spiro atoms. The van der Waals surface area contributed by atoms with Gasteiger partial charge in [-0.3, -0.25) is 9.59 Å². The fraction of sp³-hybridized carbons (Fsp3) is 0.231. The van der Waals surface area contributed by atoms with Crippen LogP contribution >= 0.6 is 0 Å². The van der Waals surface area contributed by atoms with E-state index in [9.17, 15) is 19.2 Å². The highest BCUT2D eigenvalue weighted by atomic mass is 16.5. The van der Waals surface area contributed by atoms with Crippen LogP contribution in [0.3, 0.4) is 0 Å². The van der Waals surface area contributed by atoms with Gasteiger partial charge >= 0.3 is 12.0 Å². The lowest BCUT2D eigenvalue weighted by atomic mass is 10.0. The van der Waals surface area contributed by atoms with Crippen molar-refractivity contribution in [3.63, 3.8) is 0 Å². The van der Waals surface area contributed by atoms with Crippen molar-refractivity contribution < 1.29 is 33.8 Å². The highest BCUT2D eigenvalue weighted by Gasteiger charge is 2.35. The number of benzene rings is 2. The Bertz CT molecular complexity index is 1220. The van der Waals surface area contributed by atoms with Crippen molar-refractivity contribution in [2.75, 3.05) is 25.1 Å². The number of carboxylic acids is 1. The quantitative estimate of drug-likeness (QED) is 0.249. The highest BCUT2D eigenvalue weighted by Crippen LogP contribution is 2.35. The van der Waals surface area contributed by atoms with Gasteiger partial charge in [-0.1, -0.05) is 23.8 Å². The normalized spacial score (nSPS) is 13.9. The fourth-order valence-corrected chi connectivity index (χ4v) is 3.50. The zero-order valence-electron chi connectivity index (χ0n) is 20.0. The molecule has 2 aromatic rings. The van der Waals surface area contributed by atoms with Crippen molar-refractivity contribution in [1.82, 2.24) is 10.2 Å². The molecule has 10 nitrogen and oxygen atoms in total. The second kappa shape index (κ2) is 11.7. The summed E-state index contributed by atoms with van der Waals surface area (Å²) in [5, 5.41) is 14.1. The summed E-state index contributed by atoms with van der Waals surface area (Å²) in [6, 6.07) is 9.66. The number of aliphatic carboxylic acids is 1. The van der Waals surface area contributed by atoms with E-state index in [1.807, 2.05) is 19.1 Å². The number of ether oxygens (including phenoxy) is 2. The first-order chi connectivity index (χ1) is 17.2. The van der Waals surface area contributed by atoms with Crippen LogP contribution in [-0.2, 0) is 20.8 Å². The van der Waals surface area contributed by atoms with Crippen LogP contribution in [0, 0.1) is 6.92 Å². The maximum absolute atomic E-state index is 12.9. The monoisotopic (exact) mass is 493 g/mol. The van der Waals surface area contributed by atoms with Crippen LogP contribution in [0.15, 0.2) is 54.8 Å². The number of hydrogen-bond donors (Lipinski definition) is 3. The summed E-state index contributed by atoms with van der Waals surface area (Å²) in [6.45, 7) is 6.67. The lowest BCUT2D eigenvalue weighted by Gasteiger charge is -2.16. The molecular weight excluding hydrogens is 466 g/mol. The summed E-state index contributed by atoms with van der Waals surface area (Å²) < 4.78 is 11.1. The fourth-order valence-electron chi connectivity index (χ4n) is 3.50. The largest absolute Gasteiger partial charge is 0.490 e. The summed E-state index contributed by atoms with van der Waals surface area (Å²) in [5.74, 6) is -1.77. The van der Waals surface area contributed by atoms with Crippen LogP contribution in [0.25, 0.3) is 6.08 Å². The van der Waals surface area contributed by atoms with E-state index in [0.717, 1.165) is 10.5 Å². The van der Waals surface area contributed by atoms with Gasteiger partial charge in [-0.05, 0) is 56.2 Å². The van der Waals surface area contributed by atoms with E-state index in [0.29, 0.717) is 23.2 Å². The summed E-state index contributed by atoms with van der Waals surface area (Å²) in [6.07, 6.45) is 3.42. The minimum atomic E-state index is -1.14. The van der Waals surface area contributed by atoms with Gasteiger partial charge in [-0.25, -0.2) is 14.5 Å². The molecule has 0 bridgehead atoms. The van der Waals surface area contributed by atoms with E-state index in [1.165, 1.54) is 6.08 Å². The number of urea groups is 1. The van der Waals surface area contributed by atoms with Crippen molar-refractivity contribution in [3.8, 4) is 11.5 Å². The van der Waals surface area contributed by atoms with E-state index in [-0.39, 0.29) is 23.8 Å². The number of carbonyl (C=O) groups excluding carboxylic acids is 3. The number of nitrogens with one attached hydrogen (secondary N) is 2. The number of imide groups is 1. The van der Waals surface area contributed by atoms with Gasteiger partial charge in [-0.15, -0.1) is 6.58 Å². The van der Waals surface area contributed by atoms with Crippen LogP contribution < -0.4 is 20.1 Å². The van der Waals surface area contributed by atoms with Crippen molar-refractivity contribution in [3.05, 3.63) is 71.4 Å². The zero-order chi connectivity index (χ0) is 26.2. The second-order valence-electron chi connectivity index (χ2n) is 7.91. The Labute approximate surface area is 208 Å². The Balaban J connectivity index is 1.82. The summed E-state index contributed by atoms with van der Waals surface area (Å²) in [7, 11) is 0. The molecule has 0 atom stereocenters. The Morgan fingerprint density at radius 3 is 2.53 bits per heavy atom. The molecule has 0 saturated carbocycles. The number of anilines is 1. The van der Waals surface area contributed by atoms with Gasteiger partial charge in [0.1, 0.15) is 12.2 Å². The first-order valence-electron chi connectivity index (χ1n) is 11.2. The van der Waals surface area contributed by atoms with E-state index in [2.05, 4.69) is 17.2 Å². The summed E-state index contributed by atoms with van der Waals surface area (Å²) in [5.41, 5.74) is 2.66. The molecule has 4 amide bonds. The molecule has 0 aliphatic carbocycles. The molecule has 36 heavy (non-hydrogen) atoms. The number of carbonyl (C=O) groups is 4. The maximum Gasteiger partial charge on any atom is 0.341 e. The third-order valence-corrected chi connectivity index (χ3v) is 5.07. The van der Waals surface area contributed by atoms with Crippen LogP contribution in [0.2, 0.25) is 0 Å². The van der Waals surface area contributed by atoms with Crippen molar-refractivity contribution >= 4 is 35.6 Å². The van der Waals surface area contributed by atoms with E-state index >= 15 is 0 Å². The van der Waals surface area contributed by atoms with Gasteiger partial charge in [-0.2, -0.15) is 0 Å². The predicted octanol–water partition coefficient (Wildman–Crippen LogP) is 3.12. The van der Waals surface area contributed by atoms with Gasteiger partial charge in [0.2, 0.25) is 5.91 Å². The minimum Gasteiger partial charge on any atom is -0.490 e. The molecule has 0 unspecified atom stereocenters. The number of allylic oxidation sites excluding steroid dienone is 1. The topological polar surface area (TPSA) is 134 Å². The summed E-state index contributed by atoms with van der Waals surface area (Å²) in [4.78, 5) is 49.5. The molecule has 3 N–H and O–H groups in total. The average Bonchev–Trinajstić information content (AvgIpc) is 3.07. The lowest BCUT2D eigenvalue weighted by molar-refractivity contribution is -0.139. The third kappa shape index (κ3) is 6.50. The standard InChI is InChI=1S/C26H27N3O7/c1-4-6-18-11-17(13-21(35-5-2)24(18)36-15-23(31)32)12-20-25(33)29(26(34)28-20)14-22(30)27-19-9-7-16(3)8-10-19/h4,7-13H,1,5-6,14-15H2,2-3H3,(H,27,30)(H,28,34)(H,31,32). The van der Waals surface area contributed by atoms with E-state index < -0.39 is 37.0 Å². The maximum atomic E-state index is 12.9.